The fraction of sp³-hybridized carbons (Fsp3) is 0.600. The maximum absolute atomic E-state index is 9.02. The minimum Gasteiger partial charge on any atom is -0.395 e. The second-order valence-corrected chi connectivity index (χ2v) is 5.84. The van der Waals surface area contributed by atoms with Crippen LogP contribution >= 0.6 is 0 Å². The van der Waals surface area contributed by atoms with Crippen molar-refractivity contribution in [2.45, 2.75) is 52.1 Å². The van der Waals surface area contributed by atoms with Crippen LogP contribution in [-0.4, -0.2) is 17.8 Å². The zero-order valence-corrected chi connectivity index (χ0v) is 11.6. The summed E-state index contributed by atoms with van der Waals surface area (Å²) in [4.78, 5) is 0. The van der Waals surface area contributed by atoms with Gasteiger partial charge in [-0.15, -0.1) is 0 Å². The summed E-state index contributed by atoms with van der Waals surface area (Å²) < 4.78 is 0. The molecular weight excluding hydrogens is 210 g/mol. The Labute approximate surface area is 105 Å². The molecule has 0 aliphatic carbocycles. The van der Waals surface area contributed by atoms with E-state index >= 15 is 0 Å². The molecular formula is C15H25NO. The van der Waals surface area contributed by atoms with Crippen molar-refractivity contribution < 1.29 is 5.11 Å². The zero-order valence-electron chi connectivity index (χ0n) is 11.6. The first-order valence-electron chi connectivity index (χ1n) is 6.32. The molecule has 2 atom stereocenters. The molecule has 1 aromatic rings. The highest BCUT2D eigenvalue weighted by molar-refractivity contribution is 5.29. The summed E-state index contributed by atoms with van der Waals surface area (Å²) in [5.41, 5.74) is 2.81. The van der Waals surface area contributed by atoms with Crippen LogP contribution in [0.15, 0.2) is 24.3 Å². The Balaban J connectivity index is 2.74. The van der Waals surface area contributed by atoms with Gasteiger partial charge in [0.05, 0.1) is 6.61 Å². The molecule has 2 nitrogen and oxygen atoms in total. The van der Waals surface area contributed by atoms with Gasteiger partial charge in [0.2, 0.25) is 0 Å². The highest BCUT2D eigenvalue weighted by Crippen LogP contribution is 2.23. The number of nitrogens with one attached hydrogen (secondary N) is 1. The Morgan fingerprint density at radius 3 is 2.06 bits per heavy atom. The van der Waals surface area contributed by atoms with E-state index in [0.717, 1.165) is 0 Å². The normalized spacial score (nSPS) is 15.6. The molecule has 2 N–H and O–H groups in total. The van der Waals surface area contributed by atoms with Gasteiger partial charge < -0.3 is 10.4 Å². The SMILES string of the molecule is CC(CO)NC(C)c1ccc(C(C)(C)C)cc1. The average Bonchev–Trinajstić information content (AvgIpc) is 2.27. The minimum absolute atomic E-state index is 0.132. The van der Waals surface area contributed by atoms with E-state index in [9.17, 15) is 0 Å². The third-order valence-electron chi connectivity index (χ3n) is 3.09. The van der Waals surface area contributed by atoms with Crippen LogP contribution in [0.1, 0.15) is 51.8 Å². The maximum atomic E-state index is 9.02. The number of aliphatic hydroxyl groups excluding tert-OH is 1. The Morgan fingerprint density at radius 1 is 1.12 bits per heavy atom. The lowest BCUT2D eigenvalue weighted by atomic mass is 9.86. The van der Waals surface area contributed by atoms with E-state index in [1.165, 1.54) is 11.1 Å². The third kappa shape index (κ3) is 4.14. The average molecular weight is 235 g/mol. The summed E-state index contributed by atoms with van der Waals surface area (Å²) in [6, 6.07) is 9.12. The Bertz CT molecular complexity index is 337. The van der Waals surface area contributed by atoms with E-state index in [1.807, 2.05) is 6.92 Å². The van der Waals surface area contributed by atoms with Crippen LogP contribution in [0.4, 0.5) is 0 Å². The van der Waals surface area contributed by atoms with Crippen LogP contribution < -0.4 is 5.32 Å². The molecule has 0 heterocycles. The Hall–Kier alpha value is -0.860. The Morgan fingerprint density at radius 2 is 1.65 bits per heavy atom. The summed E-state index contributed by atoms with van der Waals surface area (Å²) >= 11 is 0. The molecule has 1 aromatic carbocycles. The van der Waals surface area contributed by atoms with Crippen molar-refractivity contribution in [2.75, 3.05) is 6.61 Å². The van der Waals surface area contributed by atoms with Gasteiger partial charge in [-0.2, -0.15) is 0 Å². The Kier molecular flexibility index (Phi) is 4.72. The second-order valence-electron chi connectivity index (χ2n) is 5.84. The van der Waals surface area contributed by atoms with Crippen LogP contribution in [-0.2, 0) is 5.41 Å². The molecule has 0 amide bonds. The van der Waals surface area contributed by atoms with Crippen molar-refractivity contribution in [3.05, 3.63) is 35.4 Å². The van der Waals surface area contributed by atoms with Gasteiger partial charge in [-0.25, -0.2) is 0 Å². The van der Waals surface area contributed by atoms with Gasteiger partial charge in [0, 0.05) is 12.1 Å². The zero-order chi connectivity index (χ0) is 13.1. The first kappa shape index (κ1) is 14.2. The van der Waals surface area contributed by atoms with Crippen LogP contribution in [0.2, 0.25) is 0 Å². The molecule has 0 saturated heterocycles. The van der Waals surface area contributed by atoms with Crippen LogP contribution in [0.5, 0.6) is 0 Å². The van der Waals surface area contributed by atoms with Gasteiger partial charge in [0.15, 0.2) is 0 Å². The quantitative estimate of drug-likeness (QED) is 0.841. The first-order chi connectivity index (χ1) is 7.84. The summed E-state index contributed by atoms with van der Waals surface area (Å²) in [6.45, 7) is 10.9. The smallest absolute Gasteiger partial charge is 0.0582 e. The minimum atomic E-state index is 0.132. The van der Waals surface area contributed by atoms with E-state index in [0.29, 0.717) is 0 Å². The molecule has 0 saturated carbocycles. The van der Waals surface area contributed by atoms with Crippen LogP contribution in [0.3, 0.4) is 0 Å². The summed E-state index contributed by atoms with van der Waals surface area (Å²) in [5, 5.41) is 12.4. The molecule has 96 valence electrons. The molecule has 2 unspecified atom stereocenters. The maximum Gasteiger partial charge on any atom is 0.0582 e. The largest absolute Gasteiger partial charge is 0.395 e. The first-order valence-corrected chi connectivity index (χ1v) is 6.32. The molecule has 0 aliphatic heterocycles. The molecule has 0 aromatic heterocycles. The standard InChI is InChI=1S/C15H25NO/c1-11(10-17)16-12(2)13-6-8-14(9-7-13)15(3,4)5/h6-9,11-12,16-17H,10H2,1-5H3. The molecule has 0 aliphatic rings. The van der Waals surface area contributed by atoms with Gasteiger partial charge in [-0.3, -0.25) is 0 Å². The summed E-state index contributed by atoms with van der Waals surface area (Å²) in [5.74, 6) is 0. The fourth-order valence-corrected chi connectivity index (χ4v) is 1.85. The van der Waals surface area contributed by atoms with Crippen molar-refractivity contribution in [3.63, 3.8) is 0 Å². The van der Waals surface area contributed by atoms with Crippen molar-refractivity contribution in [1.29, 1.82) is 0 Å². The molecule has 17 heavy (non-hydrogen) atoms. The van der Waals surface area contributed by atoms with Crippen LogP contribution in [0, 0.1) is 0 Å². The number of hydrogen-bond acceptors (Lipinski definition) is 2. The lowest BCUT2D eigenvalue weighted by Crippen LogP contribution is -2.31. The predicted molar refractivity (Wildman–Crippen MR) is 73.2 cm³/mol. The molecule has 0 fully saturated rings. The number of hydrogen-bond donors (Lipinski definition) is 2. The second kappa shape index (κ2) is 5.65. The monoisotopic (exact) mass is 235 g/mol. The lowest BCUT2D eigenvalue weighted by Gasteiger charge is -2.22. The molecule has 0 spiro atoms. The van der Waals surface area contributed by atoms with E-state index in [1.54, 1.807) is 0 Å². The predicted octanol–water partition coefficient (Wildman–Crippen LogP) is 3.02. The molecule has 1 rings (SSSR count). The van der Waals surface area contributed by atoms with E-state index in [2.05, 4.69) is 57.3 Å². The van der Waals surface area contributed by atoms with Crippen molar-refractivity contribution in [2.24, 2.45) is 0 Å². The van der Waals surface area contributed by atoms with Gasteiger partial charge in [-0.05, 0) is 30.4 Å². The lowest BCUT2D eigenvalue weighted by molar-refractivity contribution is 0.243. The number of rotatable bonds is 4. The number of benzene rings is 1. The van der Waals surface area contributed by atoms with Gasteiger partial charge in [-0.1, -0.05) is 45.0 Å². The van der Waals surface area contributed by atoms with E-state index < -0.39 is 0 Å². The van der Waals surface area contributed by atoms with Gasteiger partial charge >= 0.3 is 0 Å². The molecule has 2 heteroatoms. The van der Waals surface area contributed by atoms with Crippen molar-refractivity contribution in [3.8, 4) is 0 Å². The highest BCUT2D eigenvalue weighted by Gasteiger charge is 2.14. The van der Waals surface area contributed by atoms with Crippen LogP contribution in [0.25, 0.3) is 0 Å². The summed E-state index contributed by atoms with van der Waals surface area (Å²) in [6.07, 6.45) is 0. The molecule has 0 radical (unpaired) electrons. The van der Waals surface area contributed by atoms with E-state index in [4.69, 9.17) is 5.11 Å². The van der Waals surface area contributed by atoms with Crippen molar-refractivity contribution in [1.82, 2.24) is 5.32 Å². The fourth-order valence-electron chi connectivity index (χ4n) is 1.85. The topological polar surface area (TPSA) is 32.3 Å². The summed E-state index contributed by atoms with van der Waals surface area (Å²) in [7, 11) is 0. The molecule has 0 bridgehead atoms. The van der Waals surface area contributed by atoms with Gasteiger partial charge in [0.25, 0.3) is 0 Å². The number of aliphatic hydroxyl groups is 1. The van der Waals surface area contributed by atoms with Crippen molar-refractivity contribution >= 4 is 0 Å². The highest BCUT2D eigenvalue weighted by atomic mass is 16.3. The third-order valence-corrected chi connectivity index (χ3v) is 3.09. The van der Waals surface area contributed by atoms with Gasteiger partial charge in [0.1, 0.15) is 0 Å². The van der Waals surface area contributed by atoms with E-state index in [-0.39, 0.29) is 24.1 Å².